The highest BCUT2D eigenvalue weighted by atomic mass is 32.1. The molecule has 0 atom stereocenters. The van der Waals surface area contributed by atoms with Gasteiger partial charge in [0, 0.05) is 17.6 Å². The highest BCUT2D eigenvalue weighted by Gasteiger charge is 2.11. The van der Waals surface area contributed by atoms with Crippen molar-refractivity contribution in [3.05, 3.63) is 40.4 Å². The van der Waals surface area contributed by atoms with Crippen molar-refractivity contribution in [1.82, 2.24) is 15.2 Å². The number of amides is 1. The predicted molar refractivity (Wildman–Crippen MR) is 106 cm³/mol. The number of benzene rings is 1. The lowest BCUT2D eigenvalue weighted by Gasteiger charge is -2.17. The number of aryl methyl sites for hydroxylation is 2. The molecule has 136 valence electrons. The van der Waals surface area contributed by atoms with Gasteiger partial charge in [-0.2, -0.15) is 0 Å². The second-order valence-corrected chi connectivity index (χ2v) is 6.96. The molecule has 0 spiro atoms. The van der Waals surface area contributed by atoms with Crippen LogP contribution in [0.5, 0.6) is 0 Å². The minimum atomic E-state index is -0.107. The smallest absolute Gasteiger partial charge is 0.270 e. The van der Waals surface area contributed by atoms with E-state index in [0.717, 1.165) is 36.9 Å². The SMILES string of the molecule is CCN(CC)CCCNC(=O)c1csc(Nc2ccc(C)c(C)c2)n1. The number of aromatic nitrogens is 1. The first-order valence-corrected chi connectivity index (χ1v) is 9.71. The molecule has 0 saturated heterocycles. The minimum absolute atomic E-state index is 0.107. The Labute approximate surface area is 154 Å². The fourth-order valence-corrected chi connectivity index (χ4v) is 3.22. The summed E-state index contributed by atoms with van der Waals surface area (Å²) in [5, 5.41) is 8.74. The van der Waals surface area contributed by atoms with Crippen LogP contribution in [0.4, 0.5) is 10.8 Å². The Kier molecular flexibility index (Phi) is 7.40. The molecular weight excluding hydrogens is 332 g/mol. The fraction of sp³-hybridized carbons (Fsp3) is 0.474. The second kappa shape index (κ2) is 9.53. The number of nitrogens with zero attached hydrogens (tertiary/aromatic N) is 2. The average molecular weight is 361 g/mol. The van der Waals surface area contributed by atoms with Gasteiger partial charge in [-0.05, 0) is 63.2 Å². The van der Waals surface area contributed by atoms with Crippen molar-refractivity contribution in [3.8, 4) is 0 Å². The lowest BCUT2D eigenvalue weighted by Crippen LogP contribution is -2.30. The van der Waals surface area contributed by atoms with Crippen molar-refractivity contribution in [2.75, 3.05) is 31.5 Å². The normalized spacial score (nSPS) is 10.9. The molecule has 0 aliphatic heterocycles. The van der Waals surface area contributed by atoms with Crippen LogP contribution in [0.3, 0.4) is 0 Å². The monoisotopic (exact) mass is 360 g/mol. The molecule has 0 radical (unpaired) electrons. The van der Waals surface area contributed by atoms with Gasteiger partial charge >= 0.3 is 0 Å². The summed E-state index contributed by atoms with van der Waals surface area (Å²) in [6.07, 6.45) is 0.950. The Balaban J connectivity index is 1.83. The molecule has 25 heavy (non-hydrogen) atoms. The molecule has 2 N–H and O–H groups in total. The first-order chi connectivity index (χ1) is 12.0. The van der Waals surface area contributed by atoms with Crippen molar-refractivity contribution in [3.63, 3.8) is 0 Å². The fourth-order valence-electron chi connectivity index (χ4n) is 2.51. The summed E-state index contributed by atoms with van der Waals surface area (Å²) in [4.78, 5) is 18.9. The van der Waals surface area contributed by atoms with E-state index in [1.807, 2.05) is 6.07 Å². The number of carbonyl (C=O) groups is 1. The van der Waals surface area contributed by atoms with Crippen LogP contribution in [0.2, 0.25) is 0 Å². The quantitative estimate of drug-likeness (QED) is 0.665. The Morgan fingerprint density at radius 3 is 2.64 bits per heavy atom. The Morgan fingerprint density at radius 1 is 1.20 bits per heavy atom. The molecule has 0 unspecified atom stereocenters. The highest BCUT2D eigenvalue weighted by molar-refractivity contribution is 7.14. The van der Waals surface area contributed by atoms with Crippen LogP contribution in [0.25, 0.3) is 0 Å². The maximum atomic E-state index is 12.2. The zero-order chi connectivity index (χ0) is 18.2. The molecule has 1 heterocycles. The number of rotatable bonds is 9. The van der Waals surface area contributed by atoms with Crippen LogP contribution >= 0.6 is 11.3 Å². The Hall–Kier alpha value is -1.92. The van der Waals surface area contributed by atoms with E-state index in [0.29, 0.717) is 12.2 Å². The number of thiazole rings is 1. The zero-order valence-electron chi connectivity index (χ0n) is 15.6. The number of hydrogen-bond acceptors (Lipinski definition) is 5. The number of hydrogen-bond donors (Lipinski definition) is 2. The average Bonchev–Trinajstić information content (AvgIpc) is 3.07. The molecule has 1 amide bonds. The summed E-state index contributed by atoms with van der Waals surface area (Å²) in [5.74, 6) is -0.107. The highest BCUT2D eigenvalue weighted by Crippen LogP contribution is 2.22. The van der Waals surface area contributed by atoms with Gasteiger partial charge < -0.3 is 15.5 Å². The Morgan fingerprint density at radius 2 is 1.96 bits per heavy atom. The summed E-state index contributed by atoms with van der Waals surface area (Å²) >= 11 is 1.44. The maximum absolute atomic E-state index is 12.2. The van der Waals surface area contributed by atoms with Gasteiger partial charge in [0.25, 0.3) is 5.91 Å². The molecule has 0 saturated carbocycles. The lowest BCUT2D eigenvalue weighted by atomic mass is 10.1. The van der Waals surface area contributed by atoms with Crippen LogP contribution < -0.4 is 10.6 Å². The maximum Gasteiger partial charge on any atom is 0.270 e. The minimum Gasteiger partial charge on any atom is -0.351 e. The van der Waals surface area contributed by atoms with E-state index in [2.05, 4.69) is 60.3 Å². The number of carbonyl (C=O) groups excluding carboxylic acids is 1. The second-order valence-electron chi connectivity index (χ2n) is 6.10. The summed E-state index contributed by atoms with van der Waals surface area (Å²) < 4.78 is 0. The van der Waals surface area contributed by atoms with Gasteiger partial charge in [-0.1, -0.05) is 19.9 Å². The van der Waals surface area contributed by atoms with E-state index in [1.165, 1.54) is 22.5 Å². The topological polar surface area (TPSA) is 57.3 Å². The van der Waals surface area contributed by atoms with Gasteiger partial charge in [0.05, 0.1) is 0 Å². The van der Waals surface area contributed by atoms with Crippen molar-refractivity contribution >= 4 is 28.1 Å². The lowest BCUT2D eigenvalue weighted by molar-refractivity contribution is 0.0947. The summed E-state index contributed by atoms with van der Waals surface area (Å²) in [5.41, 5.74) is 3.95. The summed E-state index contributed by atoms with van der Waals surface area (Å²) in [6, 6.07) is 6.19. The number of anilines is 2. The van der Waals surface area contributed by atoms with Crippen molar-refractivity contribution in [2.24, 2.45) is 0 Å². The van der Waals surface area contributed by atoms with Crippen LogP contribution in [0.15, 0.2) is 23.6 Å². The van der Waals surface area contributed by atoms with Crippen LogP contribution in [0.1, 0.15) is 41.9 Å². The third-order valence-electron chi connectivity index (χ3n) is 4.33. The van der Waals surface area contributed by atoms with Gasteiger partial charge in [0.15, 0.2) is 5.13 Å². The van der Waals surface area contributed by atoms with Crippen LogP contribution in [-0.4, -0.2) is 42.0 Å². The van der Waals surface area contributed by atoms with Crippen LogP contribution in [-0.2, 0) is 0 Å². The third-order valence-corrected chi connectivity index (χ3v) is 5.08. The van der Waals surface area contributed by atoms with Gasteiger partial charge in [0.1, 0.15) is 5.69 Å². The first-order valence-electron chi connectivity index (χ1n) is 8.83. The van der Waals surface area contributed by atoms with Crippen molar-refractivity contribution in [1.29, 1.82) is 0 Å². The summed E-state index contributed by atoms with van der Waals surface area (Å²) in [7, 11) is 0. The number of nitrogens with one attached hydrogen (secondary N) is 2. The van der Waals surface area contributed by atoms with E-state index < -0.39 is 0 Å². The van der Waals surface area contributed by atoms with E-state index in [-0.39, 0.29) is 5.91 Å². The van der Waals surface area contributed by atoms with E-state index >= 15 is 0 Å². The predicted octanol–water partition coefficient (Wildman–Crippen LogP) is 3.97. The molecule has 2 aromatic rings. The Bertz CT molecular complexity index is 694. The van der Waals surface area contributed by atoms with Crippen LogP contribution in [0, 0.1) is 13.8 Å². The molecule has 2 rings (SSSR count). The van der Waals surface area contributed by atoms with E-state index in [9.17, 15) is 4.79 Å². The van der Waals surface area contributed by atoms with E-state index in [1.54, 1.807) is 5.38 Å². The molecule has 6 heteroatoms. The largest absolute Gasteiger partial charge is 0.351 e. The third kappa shape index (κ3) is 5.83. The van der Waals surface area contributed by atoms with Gasteiger partial charge in [0.2, 0.25) is 0 Å². The molecular formula is C19H28N4OS. The van der Waals surface area contributed by atoms with Gasteiger partial charge in [-0.3, -0.25) is 4.79 Å². The van der Waals surface area contributed by atoms with Crippen molar-refractivity contribution < 1.29 is 4.79 Å². The molecule has 0 aliphatic rings. The molecule has 1 aromatic carbocycles. The summed E-state index contributed by atoms with van der Waals surface area (Å²) in [6.45, 7) is 12.2. The first kappa shape index (κ1) is 19.4. The zero-order valence-corrected chi connectivity index (χ0v) is 16.4. The van der Waals surface area contributed by atoms with E-state index in [4.69, 9.17) is 0 Å². The molecule has 0 bridgehead atoms. The standard InChI is InChI=1S/C19H28N4OS/c1-5-23(6-2)11-7-10-20-18(24)17-13-25-19(22-17)21-16-9-8-14(3)15(4)12-16/h8-9,12-13H,5-7,10-11H2,1-4H3,(H,20,24)(H,21,22). The molecule has 0 fully saturated rings. The van der Waals surface area contributed by atoms with Crippen molar-refractivity contribution in [2.45, 2.75) is 34.1 Å². The molecule has 5 nitrogen and oxygen atoms in total. The van der Waals surface area contributed by atoms with Gasteiger partial charge in [-0.25, -0.2) is 4.98 Å². The molecule has 0 aliphatic carbocycles. The van der Waals surface area contributed by atoms with Gasteiger partial charge in [-0.15, -0.1) is 11.3 Å². The molecule has 1 aromatic heterocycles.